The van der Waals surface area contributed by atoms with Gasteiger partial charge in [0.2, 0.25) is 23.6 Å². The molecule has 4 N–H and O–H groups in total. The van der Waals surface area contributed by atoms with Gasteiger partial charge in [0, 0.05) is 26.1 Å². The molecule has 3 atom stereocenters. The summed E-state index contributed by atoms with van der Waals surface area (Å²) in [5, 5.41) is 11.6. The van der Waals surface area contributed by atoms with E-state index >= 15 is 0 Å². The number of carbonyl (C=O) groups is 5. The molecule has 11 nitrogen and oxygen atoms in total. The van der Waals surface area contributed by atoms with Gasteiger partial charge in [-0.3, -0.25) is 24.0 Å². The van der Waals surface area contributed by atoms with Gasteiger partial charge in [-0.25, -0.2) is 0 Å². The summed E-state index contributed by atoms with van der Waals surface area (Å²) in [4.78, 5) is 70.3. The molecule has 0 aromatic heterocycles. The topological polar surface area (TPSA) is 146 Å². The van der Waals surface area contributed by atoms with Gasteiger partial charge < -0.3 is 30.9 Å². The highest BCUT2D eigenvalue weighted by atomic mass is 16.5. The molecule has 50 heavy (non-hydrogen) atoms. The fraction of sp³-hybridized carbons (Fsp3) is 0.564. The van der Waals surface area contributed by atoms with Crippen molar-refractivity contribution in [3.05, 3.63) is 65.7 Å². The molecular weight excluding hydrogens is 634 g/mol. The highest BCUT2D eigenvalue weighted by Crippen LogP contribution is 2.20. The summed E-state index contributed by atoms with van der Waals surface area (Å²) in [5.41, 5.74) is 1.09. The number of ether oxygens (including phenoxy) is 1. The molecule has 0 radical (unpaired) electrons. The van der Waals surface area contributed by atoms with Crippen molar-refractivity contribution in [2.24, 2.45) is 5.92 Å². The van der Waals surface area contributed by atoms with Crippen LogP contribution in [0.3, 0.4) is 0 Å². The Labute approximate surface area is 296 Å². The lowest BCUT2D eigenvalue weighted by molar-refractivity contribution is -0.137. The molecule has 1 saturated carbocycles. The number of likely N-dealkylation sites (N-methyl/N-ethyl adjacent to an activating group) is 1. The molecule has 2 aromatic rings. The van der Waals surface area contributed by atoms with Crippen LogP contribution in [0.4, 0.5) is 0 Å². The average molecular weight is 690 g/mol. The van der Waals surface area contributed by atoms with Crippen molar-refractivity contribution in [3.63, 3.8) is 0 Å². The lowest BCUT2D eigenvalue weighted by Crippen LogP contribution is -2.56. The van der Waals surface area contributed by atoms with E-state index in [4.69, 9.17) is 4.74 Å². The summed E-state index contributed by atoms with van der Waals surface area (Å²) in [6.45, 7) is 4.94. The van der Waals surface area contributed by atoms with Crippen LogP contribution < -0.4 is 26.0 Å². The predicted octanol–water partition coefficient (Wildman–Crippen LogP) is 4.29. The molecule has 1 aliphatic heterocycles. The van der Waals surface area contributed by atoms with Crippen LogP contribution in [-0.2, 0) is 25.6 Å². The maximum absolute atomic E-state index is 13.9. The number of hydrogen-bond donors (Lipinski definition) is 4. The monoisotopic (exact) mass is 689 g/mol. The van der Waals surface area contributed by atoms with E-state index in [1.807, 2.05) is 44.2 Å². The Hall–Kier alpha value is -4.41. The quantitative estimate of drug-likeness (QED) is 0.356. The summed E-state index contributed by atoms with van der Waals surface area (Å²) in [6.07, 6.45) is 8.31. The molecule has 0 spiro atoms. The number of nitrogens with one attached hydrogen (secondary N) is 4. The molecule has 11 heteroatoms. The van der Waals surface area contributed by atoms with E-state index < -0.39 is 41.8 Å². The molecular formula is C39H55N5O6. The van der Waals surface area contributed by atoms with Crippen LogP contribution in [0.15, 0.2) is 54.6 Å². The van der Waals surface area contributed by atoms with Crippen LogP contribution in [0.2, 0.25) is 0 Å². The molecule has 2 aromatic carbocycles. The Morgan fingerprint density at radius 3 is 2.26 bits per heavy atom. The summed E-state index contributed by atoms with van der Waals surface area (Å²) in [5.74, 6) is -1.70. The standard InChI is InChI=1S/C39H55N5O6/c1-27(2)24-33-39(49)44(3)22-14-4-5-15-23-50-34-21-13-12-20-30(34)36(46)42-32(37(47)40-29-18-10-7-11-19-29)26-35(45)41-31(38(48)43-33)25-28-16-8-6-9-17-28/h6,8-9,12-13,16-17,20-21,27,29,31-33H,4-5,7,10-11,14-15,18-19,22-26H2,1-3H3,(H,40,47)(H,41,45)(H,42,46)(H,43,48)/t31-,32-,33-/m0/s1. The smallest absolute Gasteiger partial charge is 0.255 e. The number of fused-ring (bicyclic) bond motifs is 1. The van der Waals surface area contributed by atoms with Gasteiger partial charge in [0.1, 0.15) is 23.9 Å². The maximum atomic E-state index is 13.9. The van der Waals surface area contributed by atoms with E-state index in [0.717, 1.165) is 63.4 Å². The summed E-state index contributed by atoms with van der Waals surface area (Å²) in [6, 6.07) is 13.1. The van der Waals surface area contributed by atoms with Crippen LogP contribution >= 0.6 is 0 Å². The average Bonchev–Trinajstić information content (AvgIpc) is 3.10. The zero-order valence-corrected chi connectivity index (χ0v) is 29.9. The van der Waals surface area contributed by atoms with Gasteiger partial charge in [-0.1, -0.05) is 88.4 Å². The van der Waals surface area contributed by atoms with Gasteiger partial charge in [-0.05, 0) is 55.7 Å². The maximum Gasteiger partial charge on any atom is 0.255 e. The Morgan fingerprint density at radius 1 is 0.840 bits per heavy atom. The van der Waals surface area contributed by atoms with Crippen LogP contribution in [0.5, 0.6) is 5.75 Å². The van der Waals surface area contributed by atoms with E-state index in [1.165, 1.54) is 0 Å². The van der Waals surface area contributed by atoms with E-state index in [9.17, 15) is 24.0 Å². The molecule has 1 fully saturated rings. The fourth-order valence-electron chi connectivity index (χ4n) is 6.60. The van der Waals surface area contributed by atoms with Crippen LogP contribution in [-0.4, -0.2) is 78.8 Å². The largest absolute Gasteiger partial charge is 0.493 e. The minimum Gasteiger partial charge on any atom is -0.493 e. The highest BCUT2D eigenvalue weighted by Gasteiger charge is 2.32. The minimum atomic E-state index is -1.20. The van der Waals surface area contributed by atoms with E-state index in [2.05, 4.69) is 21.3 Å². The molecule has 5 amide bonds. The van der Waals surface area contributed by atoms with Crippen LogP contribution in [0, 0.1) is 5.92 Å². The Balaban J connectivity index is 1.63. The van der Waals surface area contributed by atoms with Crippen molar-refractivity contribution >= 4 is 29.5 Å². The lowest BCUT2D eigenvalue weighted by atomic mass is 9.95. The molecule has 4 rings (SSSR count). The summed E-state index contributed by atoms with van der Waals surface area (Å²) >= 11 is 0. The van der Waals surface area contributed by atoms with E-state index in [1.54, 1.807) is 36.2 Å². The zero-order chi connectivity index (χ0) is 35.9. The Bertz CT molecular complexity index is 1430. The molecule has 1 aliphatic carbocycles. The van der Waals surface area contributed by atoms with E-state index in [-0.39, 0.29) is 36.3 Å². The second-order valence-corrected chi connectivity index (χ2v) is 14.1. The molecule has 0 unspecified atom stereocenters. The lowest BCUT2D eigenvalue weighted by Gasteiger charge is -2.28. The number of carbonyl (C=O) groups excluding carboxylic acids is 5. The number of amides is 5. The third kappa shape index (κ3) is 12.2. The van der Waals surface area contributed by atoms with Crippen molar-refractivity contribution in [1.82, 2.24) is 26.2 Å². The molecule has 0 bridgehead atoms. The zero-order valence-electron chi connectivity index (χ0n) is 29.9. The van der Waals surface area contributed by atoms with Gasteiger partial charge in [0.15, 0.2) is 0 Å². The van der Waals surface area contributed by atoms with Crippen molar-refractivity contribution in [2.45, 2.75) is 115 Å². The normalized spacial score (nSPS) is 22.6. The number of hydrogen-bond acceptors (Lipinski definition) is 6. The second kappa shape index (κ2) is 19.7. The van der Waals surface area contributed by atoms with Crippen molar-refractivity contribution < 1.29 is 28.7 Å². The highest BCUT2D eigenvalue weighted by molar-refractivity contribution is 6.01. The van der Waals surface area contributed by atoms with Crippen molar-refractivity contribution in [1.29, 1.82) is 0 Å². The van der Waals surface area contributed by atoms with Crippen molar-refractivity contribution in [2.75, 3.05) is 20.2 Å². The minimum absolute atomic E-state index is 0.0397. The number of para-hydroxylation sites is 1. The second-order valence-electron chi connectivity index (χ2n) is 14.1. The van der Waals surface area contributed by atoms with Crippen LogP contribution in [0.1, 0.15) is 100 Å². The SMILES string of the molecule is CC(C)C[C@@H]1NC(=O)[C@H](Cc2ccccc2)NC(=O)C[C@@H](C(=O)NC2CCCCC2)NC(=O)c2ccccc2OCCCCCCN(C)C1=O. The van der Waals surface area contributed by atoms with Gasteiger partial charge in [-0.2, -0.15) is 0 Å². The summed E-state index contributed by atoms with van der Waals surface area (Å²) < 4.78 is 6.02. The fourth-order valence-corrected chi connectivity index (χ4v) is 6.60. The van der Waals surface area contributed by atoms with E-state index in [0.29, 0.717) is 25.3 Å². The number of nitrogens with zero attached hydrogens (tertiary/aromatic N) is 1. The third-order valence-corrected chi connectivity index (χ3v) is 9.37. The third-order valence-electron chi connectivity index (χ3n) is 9.37. The molecule has 272 valence electrons. The first-order valence-corrected chi connectivity index (χ1v) is 18.3. The number of benzene rings is 2. The molecule has 0 saturated heterocycles. The molecule has 1 heterocycles. The summed E-state index contributed by atoms with van der Waals surface area (Å²) in [7, 11) is 1.75. The van der Waals surface area contributed by atoms with Gasteiger partial charge in [0.05, 0.1) is 18.6 Å². The first-order chi connectivity index (χ1) is 24.1. The van der Waals surface area contributed by atoms with Gasteiger partial charge in [0.25, 0.3) is 5.91 Å². The number of rotatable bonds is 6. The molecule has 2 aliphatic rings. The Morgan fingerprint density at radius 2 is 1.52 bits per heavy atom. The Kier molecular flexibility index (Phi) is 15.1. The van der Waals surface area contributed by atoms with Gasteiger partial charge in [-0.15, -0.1) is 0 Å². The first-order valence-electron chi connectivity index (χ1n) is 18.3. The van der Waals surface area contributed by atoms with Gasteiger partial charge >= 0.3 is 0 Å². The van der Waals surface area contributed by atoms with Crippen LogP contribution in [0.25, 0.3) is 0 Å². The predicted molar refractivity (Wildman–Crippen MR) is 192 cm³/mol. The van der Waals surface area contributed by atoms with Crippen molar-refractivity contribution in [3.8, 4) is 5.75 Å². The first kappa shape index (κ1) is 38.4.